The third kappa shape index (κ3) is 1.93. The normalized spacial score (nSPS) is 11.5. The molecule has 0 radical (unpaired) electrons. The standard InChI is InChI=1S/C14H15N3S/c1-10(2)8-17-12-6-4-3-5-11(12)16-14(17)13-7-15-9-18-13/h3-7,9-10H,8H2,1-2H3. The fraction of sp³-hybridized carbons (Fsp3) is 0.286. The molecule has 0 spiro atoms. The summed E-state index contributed by atoms with van der Waals surface area (Å²) in [5.41, 5.74) is 4.12. The van der Waals surface area contributed by atoms with Crippen LogP contribution in [0.3, 0.4) is 0 Å². The van der Waals surface area contributed by atoms with Crippen molar-refractivity contribution in [2.75, 3.05) is 0 Å². The number of fused-ring (bicyclic) bond motifs is 1. The molecule has 0 aliphatic carbocycles. The largest absolute Gasteiger partial charge is 0.323 e. The lowest BCUT2D eigenvalue weighted by molar-refractivity contribution is 0.537. The maximum atomic E-state index is 4.74. The molecule has 2 heterocycles. The predicted molar refractivity (Wildman–Crippen MR) is 75.7 cm³/mol. The lowest BCUT2D eigenvalue weighted by Crippen LogP contribution is -2.05. The fourth-order valence-electron chi connectivity index (χ4n) is 2.14. The van der Waals surface area contributed by atoms with Gasteiger partial charge >= 0.3 is 0 Å². The first-order valence-corrected chi connectivity index (χ1v) is 6.98. The van der Waals surface area contributed by atoms with Crippen LogP contribution in [0.2, 0.25) is 0 Å². The molecular formula is C14H15N3S. The Morgan fingerprint density at radius 3 is 2.83 bits per heavy atom. The van der Waals surface area contributed by atoms with Gasteiger partial charge in [-0.25, -0.2) is 4.98 Å². The number of benzene rings is 1. The van der Waals surface area contributed by atoms with Crippen LogP contribution in [-0.2, 0) is 6.54 Å². The molecule has 3 rings (SSSR count). The second-order valence-electron chi connectivity index (χ2n) is 4.79. The minimum Gasteiger partial charge on any atom is -0.323 e. The van der Waals surface area contributed by atoms with E-state index in [1.165, 1.54) is 5.52 Å². The van der Waals surface area contributed by atoms with Gasteiger partial charge in [0.15, 0.2) is 5.82 Å². The SMILES string of the molecule is CC(C)Cn1c(-c2cncs2)nc2ccccc21. The first kappa shape index (κ1) is 11.4. The minimum atomic E-state index is 0.592. The van der Waals surface area contributed by atoms with Gasteiger partial charge in [0.1, 0.15) is 0 Å². The van der Waals surface area contributed by atoms with Crippen molar-refractivity contribution in [1.29, 1.82) is 0 Å². The van der Waals surface area contributed by atoms with Gasteiger partial charge in [0.2, 0.25) is 0 Å². The van der Waals surface area contributed by atoms with Crippen molar-refractivity contribution in [2.24, 2.45) is 5.92 Å². The number of hydrogen-bond donors (Lipinski definition) is 0. The van der Waals surface area contributed by atoms with Gasteiger partial charge < -0.3 is 4.57 Å². The van der Waals surface area contributed by atoms with Crippen molar-refractivity contribution in [1.82, 2.24) is 14.5 Å². The van der Waals surface area contributed by atoms with Gasteiger partial charge in [0.05, 0.1) is 21.4 Å². The monoisotopic (exact) mass is 257 g/mol. The van der Waals surface area contributed by atoms with Gasteiger partial charge in [0.25, 0.3) is 0 Å². The second-order valence-corrected chi connectivity index (χ2v) is 5.68. The van der Waals surface area contributed by atoms with E-state index in [1.54, 1.807) is 11.3 Å². The highest BCUT2D eigenvalue weighted by Crippen LogP contribution is 2.27. The highest BCUT2D eigenvalue weighted by molar-refractivity contribution is 7.13. The summed E-state index contributed by atoms with van der Waals surface area (Å²) in [6.07, 6.45) is 1.89. The Labute approximate surface area is 110 Å². The summed E-state index contributed by atoms with van der Waals surface area (Å²) >= 11 is 1.64. The van der Waals surface area contributed by atoms with E-state index in [4.69, 9.17) is 4.98 Å². The van der Waals surface area contributed by atoms with Crippen molar-refractivity contribution in [3.8, 4) is 10.7 Å². The first-order valence-electron chi connectivity index (χ1n) is 6.10. The molecule has 0 N–H and O–H groups in total. The van der Waals surface area contributed by atoms with Crippen LogP contribution in [0.4, 0.5) is 0 Å². The van der Waals surface area contributed by atoms with Gasteiger partial charge in [-0.3, -0.25) is 4.98 Å². The summed E-state index contributed by atoms with van der Waals surface area (Å²) in [6.45, 7) is 5.43. The molecule has 0 amide bonds. The average Bonchev–Trinajstić information content (AvgIpc) is 2.96. The summed E-state index contributed by atoms with van der Waals surface area (Å²) in [5, 5.41) is 0. The fourth-order valence-corrected chi connectivity index (χ4v) is 2.76. The van der Waals surface area contributed by atoms with E-state index in [2.05, 4.69) is 41.6 Å². The molecule has 3 aromatic rings. The zero-order valence-electron chi connectivity index (χ0n) is 10.5. The van der Waals surface area contributed by atoms with Crippen molar-refractivity contribution < 1.29 is 0 Å². The third-order valence-corrected chi connectivity index (χ3v) is 3.62. The van der Waals surface area contributed by atoms with E-state index in [-0.39, 0.29) is 0 Å². The highest BCUT2D eigenvalue weighted by Gasteiger charge is 2.14. The van der Waals surface area contributed by atoms with Crippen molar-refractivity contribution >= 4 is 22.4 Å². The minimum absolute atomic E-state index is 0.592. The number of aromatic nitrogens is 3. The van der Waals surface area contributed by atoms with Crippen molar-refractivity contribution in [2.45, 2.75) is 20.4 Å². The summed E-state index contributed by atoms with van der Waals surface area (Å²) < 4.78 is 2.30. The molecule has 92 valence electrons. The zero-order valence-corrected chi connectivity index (χ0v) is 11.3. The van der Waals surface area contributed by atoms with Crippen molar-refractivity contribution in [3.63, 3.8) is 0 Å². The first-order chi connectivity index (χ1) is 8.75. The van der Waals surface area contributed by atoms with Crippen LogP contribution in [0, 0.1) is 5.92 Å². The molecule has 0 bridgehead atoms. The van der Waals surface area contributed by atoms with E-state index in [9.17, 15) is 0 Å². The molecule has 0 saturated carbocycles. The van der Waals surface area contributed by atoms with Crippen LogP contribution in [0.25, 0.3) is 21.7 Å². The Morgan fingerprint density at radius 1 is 1.28 bits per heavy atom. The van der Waals surface area contributed by atoms with Crippen LogP contribution >= 0.6 is 11.3 Å². The summed E-state index contributed by atoms with van der Waals surface area (Å²) in [4.78, 5) is 10.0. The molecular weight excluding hydrogens is 242 g/mol. The average molecular weight is 257 g/mol. The van der Waals surface area contributed by atoms with Crippen molar-refractivity contribution in [3.05, 3.63) is 36.0 Å². The topological polar surface area (TPSA) is 30.7 Å². The Kier molecular flexibility index (Phi) is 2.88. The number of para-hydroxylation sites is 2. The number of hydrogen-bond acceptors (Lipinski definition) is 3. The van der Waals surface area contributed by atoms with Crippen LogP contribution in [0.1, 0.15) is 13.8 Å². The molecule has 0 saturated heterocycles. The van der Waals surface area contributed by atoms with E-state index in [1.807, 2.05) is 17.8 Å². The number of thiazole rings is 1. The molecule has 3 nitrogen and oxygen atoms in total. The molecule has 4 heteroatoms. The molecule has 0 aliphatic heterocycles. The Bertz CT molecular complexity index is 653. The molecule has 0 fully saturated rings. The molecule has 18 heavy (non-hydrogen) atoms. The Balaban J connectivity index is 2.23. The quantitative estimate of drug-likeness (QED) is 0.714. The van der Waals surface area contributed by atoms with Gasteiger partial charge in [0, 0.05) is 12.7 Å². The second kappa shape index (κ2) is 4.53. The smallest absolute Gasteiger partial charge is 0.152 e. The molecule has 0 unspecified atom stereocenters. The lowest BCUT2D eigenvalue weighted by atomic mass is 10.2. The van der Waals surface area contributed by atoms with Crippen LogP contribution in [0.15, 0.2) is 36.0 Å². The maximum Gasteiger partial charge on any atom is 0.152 e. The maximum absolute atomic E-state index is 4.74. The van der Waals surface area contributed by atoms with Crippen LogP contribution < -0.4 is 0 Å². The lowest BCUT2D eigenvalue weighted by Gasteiger charge is -2.10. The van der Waals surface area contributed by atoms with E-state index < -0.39 is 0 Å². The Hall–Kier alpha value is -1.68. The zero-order chi connectivity index (χ0) is 12.5. The predicted octanol–water partition coefficient (Wildman–Crippen LogP) is 3.82. The number of imidazole rings is 1. The summed E-state index contributed by atoms with van der Waals surface area (Å²) in [5.74, 6) is 1.63. The van der Waals surface area contributed by atoms with Crippen LogP contribution in [-0.4, -0.2) is 14.5 Å². The molecule has 2 aromatic heterocycles. The van der Waals surface area contributed by atoms with Gasteiger partial charge in [-0.15, -0.1) is 11.3 Å². The molecule has 1 aromatic carbocycles. The van der Waals surface area contributed by atoms with E-state index in [0.717, 1.165) is 22.8 Å². The van der Waals surface area contributed by atoms with Gasteiger partial charge in [-0.1, -0.05) is 26.0 Å². The summed E-state index contributed by atoms with van der Waals surface area (Å²) in [6, 6.07) is 8.30. The Morgan fingerprint density at radius 2 is 2.11 bits per heavy atom. The number of nitrogens with zero attached hydrogens (tertiary/aromatic N) is 3. The van der Waals surface area contributed by atoms with Gasteiger partial charge in [-0.05, 0) is 18.1 Å². The van der Waals surface area contributed by atoms with E-state index in [0.29, 0.717) is 5.92 Å². The van der Waals surface area contributed by atoms with Crippen LogP contribution in [0.5, 0.6) is 0 Å². The van der Waals surface area contributed by atoms with E-state index >= 15 is 0 Å². The molecule has 0 aliphatic rings. The highest BCUT2D eigenvalue weighted by atomic mass is 32.1. The van der Waals surface area contributed by atoms with Gasteiger partial charge in [-0.2, -0.15) is 0 Å². The summed E-state index contributed by atoms with van der Waals surface area (Å²) in [7, 11) is 0. The third-order valence-electron chi connectivity index (χ3n) is 2.85. The number of rotatable bonds is 3. The molecule has 0 atom stereocenters.